The molecule has 0 nitrogen and oxygen atoms in total. The van der Waals surface area contributed by atoms with Crippen molar-refractivity contribution < 1.29 is 0 Å². The Morgan fingerprint density at radius 1 is 0.153 bits per heavy atom. The van der Waals surface area contributed by atoms with Gasteiger partial charge >= 0.3 is 0 Å². The summed E-state index contributed by atoms with van der Waals surface area (Å²) in [6.45, 7) is 0. The monoisotopic (exact) mass is 846 g/mol. The van der Waals surface area contributed by atoms with E-state index in [1.807, 2.05) is 36.4 Å². The zero-order valence-electron chi connectivity index (χ0n) is 38.3. The minimum atomic E-state index is -0.0874. The van der Waals surface area contributed by atoms with Crippen LogP contribution in [0.1, 0.15) is 0 Å². The molecule has 0 amide bonds. The molecule has 0 saturated heterocycles. The molecule has 0 saturated carbocycles. The Morgan fingerprint density at radius 3 is 0.722 bits per heavy atom. The highest BCUT2D eigenvalue weighted by atomic mass is 14.3. The first-order valence-electron chi connectivity index (χ1n) is 21.7. The quantitative estimate of drug-likeness (QED) is 0.0944. The smallest absolute Gasteiger partial charge is 0.110 e. The molecule has 0 aromatic heterocycles. The van der Waals surface area contributed by atoms with Crippen LogP contribution in [-0.2, 0) is 0 Å². The first-order valence-corrected chi connectivity index (χ1v) is 21.7. The summed E-state index contributed by atoms with van der Waals surface area (Å²) < 4.78 is 0. The number of hydrogen-bond acceptors (Lipinski definition) is 0. The van der Waals surface area contributed by atoms with Gasteiger partial charge in [0.25, 0.3) is 0 Å². The summed E-state index contributed by atoms with van der Waals surface area (Å²) in [7, 11) is 161. The van der Waals surface area contributed by atoms with E-state index in [1.165, 1.54) is 0 Å². The average molecular weight is 842 g/mol. The molecule has 0 aliphatic heterocycles. The molecule has 24 heteroatoms. The minimum absolute atomic E-state index is 0.000988. The van der Waals surface area contributed by atoms with Crippen molar-refractivity contribution >= 4 is 384 Å². The number of hydrogen-bond donors (Lipinski definition) is 0. The third kappa shape index (κ3) is 6.67. The Hall–Kier alpha value is -4.68. The highest BCUT2D eigenvalue weighted by molar-refractivity contribution is 6.77. The molecule has 0 fully saturated rings. The highest BCUT2D eigenvalue weighted by Crippen LogP contribution is 2.42. The van der Waals surface area contributed by atoms with Crippen LogP contribution >= 0.6 is 0 Å². The van der Waals surface area contributed by atoms with E-state index in [2.05, 4.69) is 0 Å². The predicted octanol–water partition coefficient (Wildman–Crippen LogP) is -15.3. The maximum atomic E-state index is 7.07. The second-order valence-electron chi connectivity index (χ2n) is 18.0. The highest BCUT2D eigenvalue weighted by Gasteiger charge is 2.29. The maximum Gasteiger partial charge on any atom is 0.115 e. The standard InChI is InChI=1S/C48H6B24/c49-25-12(16-20(32(56)44(68)41(65)28(16)52)22-23(25)35(59)47(71)46(70)34(22)58)10-4-2-7-5-9(3-1-8(7)6-10)11-14-17(30(54)42(66)39(63)26(14)50)13(18-15(11)27(51)40(64)43(67)31(18)55)19-21-24(36(60)38(62)29(19)53)37(61)48(72)45(69)33(21)57/h1-6H. The summed E-state index contributed by atoms with van der Waals surface area (Å²) in [5.74, 6) is 0. The summed E-state index contributed by atoms with van der Waals surface area (Å²) in [5.41, 5.74) is 2.07. The van der Waals surface area contributed by atoms with Crippen LogP contribution in [0.5, 0.6) is 0 Å². The van der Waals surface area contributed by atoms with Crippen LogP contribution in [0.3, 0.4) is 0 Å². The van der Waals surface area contributed by atoms with Crippen molar-refractivity contribution in [3.8, 4) is 33.4 Å². The van der Waals surface area contributed by atoms with Gasteiger partial charge in [-0.1, -0.05) is 95.3 Å². The van der Waals surface area contributed by atoms with Crippen LogP contribution in [0.25, 0.3) is 98.0 Å². The van der Waals surface area contributed by atoms with E-state index in [0.29, 0.717) is 54.6 Å². The fourth-order valence-electron chi connectivity index (χ4n) is 10.5. The molecule has 0 N–H and O–H groups in total. The van der Waals surface area contributed by atoms with Crippen LogP contribution in [-0.4, -0.2) is 188 Å². The van der Waals surface area contributed by atoms with Gasteiger partial charge in [-0.15, -0.1) is 60.1 Å². The maximum absolute atomic E-state index is 7.07. The van der Waals surface area contributed by atoms with E-state index >= 15 is 0 Å². The van der Waals surface area contributed by atoms with Gasteiger partial charge in [0.2, 0.25) is 0 Å². The van der Waals surface area contributed by atoms with Crippen molar-refractivity contribution in [1.82, 2.24) is 0 Å². The molecule has 10 aromatic rings. The zero-order chi connectivity index (χ0) is 52.5. The minimum Gasteiger partial charge on any atom is -0.110 e. The molecule has 0 aliphatic carbocycles. The fourth-order valence-corrected chi connectivity index (χ4v) is 10.5. The van der Waals surface area contributed by atoms with Gasteiger partial charge in [-0.3, -0.25) is 0 Å². The van der Waals surface area contributed by atoms with Crippen molar-refractivity contribution in [3.63, 3.8) is 0 Å². The first-order chi connectivity index (χ1) is 33.8. The Balaban J connectivity index is 1.36. The number of rotatable bonds is 3. The van der Waals surface area contributed by atoms with Crippen LogP contribution in [0, 0.1) is 0 Å². The molecule has 10 rings (SSSR count). The number of fused-ring (bicyclic) bond motifs is 7. The first kappa shape index (κ1) is 50.8. The summed E-state index contributed by atoms with van der Waals surface area (Å²) >= 11 is 0. The van der Waals surface area contributed by atoms with Gasteiger partial charge in [0, 0.05) is 0 Å². The molecular formula is C48H6B24. The van der Waals surface area contributed by atoms with E-state index < -0.39 is 0 Å². The van der Waals surface area contributed by atoms with Gasteiger partial charge < -0.3 is 0 Å². The topological polar surface area (TPSA) is 0 Å². The van der Waals surface area contributed by atoms with E-state index in [0.717, 1.165) is 0 Å². The van der Waals surface area contributed by atoms with E-state index in [4.69, 9.17) is 188 Å². The van der Waals surface area contributed by atoms with Gasteiger partial charge in [0.15, 0.2) is 0 Å². The van der Waals surface area contributed by atoms with Crippen LogP contribution in [0.2, 0.25) is 0 Å². The average Bonchev–Trinajstić information content (AvgIpc) is 3.36. The molecular weight excluding hydrogens is 836 g/mol. The summed E-state index contributed by atoms with van der Waals surface area (Å²) in [6.07, 6.45) is 0. The Kier molecular flexibility index (Phi) is 12.3. The molecule has 72 heavy (non-hydrogen) atoms. The van der Waals surface area contributed by atoms with Crippen LogP contribution < -0.4 is 131 Å². The molecule has 0 spiro atoms. The second kappa shape index (κ2) is 17.5. The SMILES string of the molecule is [B]c1c([B])c([B])c2c(-c3c4c([B])c([B])c([B])c([B])c4c(-c4ccc5cc(-c6c([B])c7c([B])c([B])c([B])c([B])c7c7c([B])c([B])c([B])c([B])c67)ccc5c4)c4c([B])c([B])c([B])c([B])c34)c([B])c([B])c([B])c2c1[B]. The van der Waals surface area contributed by atoms with E-state index in [9.17, 15) is 0 Å². The molecule has 0 aliphatic rings. The zero-order valence-corrected chi connectivity index (χ0v) is 38.3. The van der Waals surface area contributed by atoms with Crippen molar-refractivity contribution in [2.45, 2.75) is 0 Å². The lowest BCUT2D eigenvalue weighted by Crippen LogP contribution is -2.53. The number of benzene rings is 10. The van der Waals surface area contributed by atoms with Crippen LogP contribution in [0.15, 0.2) is 36.4 Å². The van der Waals surface area contributed by atoms with Crippen LogP contribution in [0.4, 0.5) is 0 Å². The Bertz CT molecular complexity index is 4170. The lowest BCUT2D eigenvalue weighted by molar-refractivity contribution is 1.72. The van der Waals surface area contributed by atoms with Gasteiger partial charge in [-0.2, -0.15) is 0 Å². The molecule has 0 unspecified atom stereocenters. The normalized spacial score (nSPS) is 11.8. The molecule has 0 heterocycles. The molecule has 10 aromatic carbocycles. The lowest BCUT2D eigenvalue weighted by atomic mass is 9.56. The second-order valence-corrected chi connectivity index (χ2v) is 18.0. The third-order valence-electron chi connectivity index (χ3n) is 14.4. The van der Waals surface area contributed by atoms with Crippen molar-refractivity contribution in [2.75, 3.05) is 0 Å². The van der Waals surface area contributed by atoms with Crippen molar-refractivity contribution in [1.29, 1.82) is 0 Å². The summed E-state index contributed by atoms with van der Waals surface area (Å²) in [6, 6.07) is 11.1. The Labute approximate surface area is 450 Å². The molecule has 48 radical (unpaired) electrons. The van der Waals surface area contributed by atoms with Crippen molar-refractivity contribution in [2.24, 2.45) is 0 Å². The molecule has 0 bridgehead atoms. The fraction of sp³-hybridized carbons (Fsp3) is 0. The van der Waals surface area contributed by atoms with E-state index in [1.54, 1.807) is 0 Å². The molecule has 0 atom stereocenters. The van der Waals surface area contributed by atoms with E-state index in [-0.39, 0.29) is 175 Å². The predicted molar refractivity (Wildman–Crippen MR) is 337 cm³/mol. The lowest BCUT2D eigenvalue weighted by Gasteiger charge is -2.31. The van der Waals surface area contributed by atoms with Gasteiger partial charge in [0.05, 0.1) is 0 Å². The Morgan fingerprint density at radius 2 is 0.375 bits per heavy atom. The third-order valence-corrected chi connectivity index (χ3v) is 14.4. The van der Waals surface area contributed by atoms with Gasteiger partial charge in [0.1, 0.15) is 188 Å². The van der Waals surface area contributed by atoms with Gasteiger partial charge in [-0.05, 0) is 110 Å². The summed E-state index contributed by atoms with van der Waals surface area (Å²) in [4.78, 5) is 0. The van der Waals surface area contributed by atoms with Crippen molar-refractivity contribution in [3.05, 3.63) is 36.4 Å². The largest absolute Gasteiger partial charge is 0.115 e. The molecule has 270 valence electrons. The van der Waals surface area contributed by atoms with Gasteiger partial charge in [-0.25, -0.2) is 0 Å². The summed E-state index contributed by atoms with van der Waals surface area (Å²) in [5, 5.41) is 3.85.